The predicted molar refractivity (Wildman–Crippen MR) is 126 cm³/mol. The molecular formula is C25H22F3N3O5. The molecule has 3 rings (SSSR count). The van der Waals surface area contributed by atoms with E-state index < -0.39 is 29.6 Å². The number of phenolic OH excluding ortho intramolecular Hbond substituents is 1. The lowest BCUT2D eigenvalue weighted by molar-refractivity contribution is -0.138. The number of phenols is 1. The maximum absolute atomic E-state index is 13.1. The van der Waals surface area contributed by atoms with Gasteiger partial charge in [-0.3, -0.25) is 14.5 Å². The number of rotatable bonds is 8. The summed E-state index contributed by atoms with van der Waals surface area (Å²) >= 11 is 0. The summed E-state index contributed by atoms with van der Waals surface area (Å²) in [6, 6.07) is 15.3. The van der Waals surface area contributed by atoms with Crippen LogP contribution in [0.15, 0.2) is 72.8 Å². The number of hydrogen-bond donors (Lipinski definition) is 4. The predicted octanol–water partition coefficient (Wildman–Crippen LogP) is 4.85. The maximum Gasteiger partial charge on any atom is 0.416 e. The Labute approximate surface area is 204 Å². The van der Waals surface area contributed by atoms with Crippen molar-refractivity contribution in [2.45, 2.75) is 19.1 Å². The molecule has 8 nitrogen and oxygen atoms in total. The van der Waals surface area contributed by atoms with E-state index in [4.69, 9.17) is 5.11 Å². The number of amides is 3. The Morgan fingerprint density at radius 2 is 1.47 bits per heavy atom. The zero-order chi connectivity index (χ0) is 26.3. The van der Waals surface area contributed by atoms with Crippen LogP contribution in [0.4, 0.5) is 29.3 Å². The van der Waals surface area contributed by atoms with E-state index in [-0.39, 0.29) is 36.5 Å². The Balaban J connectivity index is 1.80. The number of carbonyl (C=O) groups is 3. The molecule has 0 aliphatic carbocycles. The van der Waals surface area contributed by atoms with Crippen LogP contribution >= 0.6 is 0 Å². The molecule has 0 bridgehead atoms. The lowest BCUT2D eigenvalue weighted by Crippen LogP contribution is -2.34. The van der Waals surface area contributed by atoms with Crippen LogP contribution in [0.2, 0.25) is 0 Å². The molecule has 3 amide bonds. The number of hydrogen-bond acceptors (Lipinski definition) is 4. The van der Waals surface area contributed by atoms with Gasteiger partial charge in [0.2, 0.25) is 0 Å². The summed E-state index contributed by atoms with van der Waals surface area (Å²) < 4.78 is 39.0. The van der Waals surface area contributed by atoms with Crippen LogP contribution < -0.4 is 15.5 Å². The summed E-state index contributed by atoms with van der Waals surface area (Å²) in [6.07, 6.45) is -4.75. The van der Waals surface area contributed by atoms with Crippen LogP contribution in [0.25, 0.3) is 0 Å². The second kappa shape index (κ2) is 11.3. The number of benzene rings is 3. The largest absolute Gasteiger partial charge is 0.508 e. The average molecular weight is 501 g/mol. The smallest absolute Gasteiger partial charge is 0.416 e. The molecular weight excluding hydrogens is 479 g/mol. The van der Waals surface area contributed by atoms with E-state index in [2.05, 4.69) is 10.6 Å². The van der Waals surface area contributed by atoms with Gasteiger partial charge < -0.3 is 20.8 Å². The lowest BCUT2D eigenvalue weighted by Gasteiger charge is -2.24. The van der Waals surface area contributed by atoms with E-state index in [0.29, 0.717) is 11.3 Å². The quantitative estimate of drug-likeness (QED) is 0.329. The minimum atomic E-state index is -4.53. The average Bonchev–Trinajstić information content (AvgIpc) is 2.83. The molecule has 3 aromatic rings. The SMILES string of the molecule is O=C(O)CCNC(=O)c1ccc(CN(C(=O)Nc2ccc(O)cc2)c2ccc(C(F)(F)F)cc2)cc1. The number of alkyl halides is 3. The van der Waals surface area contributed by atoms with E-state index >= 15 is 0 Å². The van der Waals surface area contributed by atoms with E-state index in [1.54, 1.807) is 12.1 Å². The molecule has 188 valence electrons. The highest BCUT2D eigenvalue weighted by atomic mass is 19.4. The maximum atomic E-state index is 13.1. The molecule has 4 N–H and O–H groups in total. The van der Waals surface area contributed by atoms with Crippen LogP contribution in [-0.4, -0.2) is 34.7 Å². The fraction of sp³-hybridized carbons (Fsp3) is 0.160. The molecule has 36 heavy (non-hydrogen) atoms. The Kier molecular flexibility index (Phi) is 8.15. The van der Waals surface area contributed by atoms with Gasteiger partial charge in [-0.15, -0.1) is 0 Å². The number of anilines is 2. The Hall–Kier alpha value is -4.54. The van der Waals surface area contributed by atoms with E-state index in [1.807, 2.05) is 0 Å². The van der Waals surface area contributed by atoms with Gasteiger partial charge in [-0.05, 0) is 66.2 Å². The number of nitrogens with zero attached hydrogens (tertiary/aromatic N) is 1. The highest BCUT2D eigenvalue weighted by Crippen LogP contribution is 2.31. The zero-order valence-corrected chi connectivity index (χ0v) is 18.7. The van der Waals surface area contributed by atoms with Crippen LogP contribution in [0.1, 0.15) is 27.9 Å². The van der Waals surface area contributed by atoms with Crippen molar-refractivity contribution in [3.63, 3.8) is 0 Å². The van der Waals surface area contributed by atoms with Crippen molar-refractivity contribution >= 4 is 29.3 Å². The minimum Gasteiger partial charge on any atom is -0.508 e. The molecule has 0 radical (unpaired) electrons. The summed E-state index contributed by atoms with van der Waals surface area (Å²) in [6.45, 7) is -0.0642. The van der Waals surface area contributed by atoms with Crippen LogP contribution in [0.5, 0.6) is 5.75 Å². The number of carboxylic acids is 1. The Bertz CT molecular complexity index is 1210. The van der Waals surface area contributed by atoms with Crippen molar-refractivity contribution in [3.05, 3.63) is 89.5 Å². The number of aromatic hydroxyl groups is 1. The summed E-state index contributed by atoms with van der Waals surface area (Å²) in [5.74, 6) is -1.51. The van der Waals surface area contributed by atoms with Gasteiger partial charge >= 0.3 is 18.2 Å². The molecule has 0 spiro atoms. The molecule has 0 unspecified atom stereocenters. The first-order valence-electron chi connectivity index (χ1n) is 10.7. The molecule has 0 heterocycles. The molecule has 11 heteroatoms. The Morgan fingerprint density at radius 1 is 0.861 bits per heavy atom. The summed E-state index contributed by atoms with van der Waals surface area (Å²) in [5, 5.41) is 23.2. The molecule has 0 atom stereocenters. The van der Waals surface area contributed by atoms with Crippen molar-refractivity contribution in [1.82, 2.24) is 5.32 Å². The molecule has 0 aromatic heterocycles. The topological polar surface area (TPSA) is 119 Å². The van der Waals surface area contributed by atoms with E-state index in [0.717, 1.165) is 12.1 Å². The molecule has 0 aliphatic heterocycles. The highest BCUT2D eigenvalue weighted by molar-refractivity contribution is 6.01. The Morgan fingerprint density at radius 3 is 2.03 bits per heavy atom. The minimum absolute atomic E-state index is 0.000295. The third kappa shape index (κ3) is 7.23. The fourth-order valence-corrected chi connectivity index (χ4v) is 3.18. The van der Waals surface area contributed by atoms with Gasteiger partial charge in [0.15, 0.2) is 0 Å². The van der Waals surface area contributed by atoms with E-state index in [9.17, 15) is 32.7 Å². The zero-order valence-electron chi connectivity index (χ0n) is 18.7. The van der Waals surface area contributed by atoms with Crippen LogP contribution in [0, 0.1) is 0 Å². The first-order valence-corrected chi connectivity index (χ1v) is 10.7. The summed E-state index contributed by atoms with van der Waals surface area (Å²) in [5.41, 5.74) is 0.567. The van der Waals surface area contributed by atoms with Crippen molar-refractivity contribution in [2.75, 3.05) is 16.8 Å². The molecule has 0 saturated carbocycles. The van der Waals surface area contributed by atoms with Gasteiger partial charge in [0.05, 0.1) is 18.5 Å². The summed E-state index contributed by atoms with van der Waals surface area (Å²) in [4.78, 5) is 37.0. The number of carbonyl (C=O) groups excluding carboxylic acids is 2. The second-order valence-electron chi connectivity index (χ2n) is 7.70. The molecule has 3 aromatic carbocycles. The van der Waals surface area contributed by atoms with Crippen molar-refractivity contribution in [2.24, 2.45) is 0 Å². The highest BCUT2D eigenvalue weighted by Gasteiger charge is 2.30. The number of carboxylic acid groups (broad SMARTS) is 1. The third-order valence-corrected chi connectivity index (χ3v) is 5.05. The number of urea groups is 1. The monoisotopic (exact) mass is 501 g/mol. The first-order chi connectivity index (χ1) is 17.0. The molecule has 0 fully saturated rings. The van der Waals surface area contributed by atoms with Gasteiger partial charge in [-0.2, -0.15) is 13.2 Å². The van der Waals surface area contributed by atoms with Gasteiger partial charge in [0, 0.05) is 23.5 Å². The number of aliphatic carboxylic acids is 1. The van der Waals surface area contributed by atoms with Crippen LogP contribution in [-0.2, 0) is 17.5 Å². The van der Waals surface area contributed by atoms with Gasteiger partial charge in [0.1, 0.15) is 5.75 Å². The lowest BCUT2D eigenvalue weighted by atomic mass is 10.1. The fourth-order valence-electron chi connectivity index (χ4n) is 3.18. The normalized spacial score (nSPS) is 11.0. The van der Waals surface area contributed by atoms with E-state index in [1.165, 1.54) is 53.4 Å². The third-order valence-electron chi connectivity index (χ3n) is 5.05. The van der Waals surface area contributed by atoms with Crippen LogP contribution in [0.3, 0.4) is 0 Å². The second-order valence-corrected chi connectivity index (χ2v) is 7.70. The van der Waals surface area contributed by atoms with Crippen molar-refractivity contribution < 1.29 is 37.8 Å². The summed E-state index contributed by atoms with van der Waals surface area (Å²) in [7, 11) is 0. The van der Waals surface area contributed by atoms with Gasteiger partial charge in [0.25, 0.3) is 5.91 Å². The first kappa shape index (κ1) is 26.1. The van der Waals surface area contributed by atoms with Gasteiger partial charge in [-0.1, -0.05) is 12.1 Å². The standard InChI is InChI=1S/C25H22F3N3O5/c26-25(27,28)18-5-9-20(10-6-18)31(24(36)30-19-7-11-21(32)12-8-19)15-16-1-3-17(4-2-16)23(35)29-14-13-22(33)34/h1-12,32H,13-15H2,(H,29,35)(H,30,36)(H,33,34). The number of halogens is 3. The van der Waals surface area contributed by atoms with Crippen molar-refractivity contribution in [1.29, 1.82) is 0 Å². The van der Waals surface area contributed by atoms with Crippen molar-refractivity contribution in [3.8, 4) is 5.75 Å². The number of nitrogens with one attached hydrogen (secondary N) is 2. The van der Waals surface area contributed by atoms with Gasteiger partial charge in [-0.25, -0.2) is 4.79 Å². The molecule has 0 saturated heterocycles. The molecule has 0 aliphatic rings.